The van der Waals surface area contributed by atoms with Crippen molar-refractivity contribution in [3.8, 4) is 10.6 Å². The van der Waals surface area contributed by atoms with Crippen LogP contribution in [0, 0.1) is 0 Å². The van der Waals surface area contributed by atoms with Crippen LogP contribution >= 0.6 is 35.3 Å². The molecule has 0 amide bonds. The molecule has 2 aromatic carbocycles. The fraction of sp³-hybridized carbons (Fsp3) is 0.200. The van der Waals surface area contributed by atoms with Gasteiger partial charge in [0.05, 0.1) is 5.69 Å². The highest BCUT2D eigenvalue weighted by molar-refractivity contribution is 14.0. The van der Waals surface area contributed by atoms with E-state index in [-0.39, 0.29) is 24.0 Å². The molecule has 136 valence electrons. The first kappa shape index (κ1) is 20.4. The summed E-state index contributed by atoms with van der Waals surface area (Å²) < 4.78 is 0. The summed E-state index contributed by atoms with van der Waals surface area (Å²) in [5, 5.41) is 6.30. The van der Waals surface area contributed by atoms with Crippen LogP contribution in [0.5, 0.6) is 0 Å². The van der Waals surface area contributed by atoms with Gasteiger partial charge in [-0.25, -0.2) is 4.98 Å². The molecular weight excluding hydrogens is 455 g/mol. The summed E-state index contributed by atoms with van der Waals surface area (Å²) >= 11 is 1.67. The third kappa shape index (κ3) is 6.42. The van der Waals surface area contributed by atoms with Crippen LogP contribution in [0.1, 0.15) is 11.3 Å². The lowest BCUT2D eigenvalue weighted by Gasteiger charge is -2.05. The van der Waals surface area contributed by atoms with Crippen LogP contribution in [0.15, 0.2) is 71.0 Å². The van der Waals surface area contributed by atoms with Crippen molar-refractivity contribution in [2.45, 2.75) is 12.8 Å². The molecule has 1 heterocycles. The number of nitrogens with one attached hydrogen (secondary N) is 1. The maximum absolute atomic E-state index is 5.92. The third-order valence-electron chi connectivity index (χ3n) is 3.79. The molecule has 0 aliphatic carbocycles. The Kier molecular flexibility index (Phi) is 8.57. The van der Waals surface area contributed by atoms with Crippen molar-refractivity contribution in [1.29, 1.82) is 0 Å². The average molecular weight is 478 g/mol. The van der Waals surface area contributed by atoms with E-state index in [2.05, 4.69) is 44.9 Å². The van der Waals surface area contributed by atoms with E-state index in [1.54, 1.807) is 11.3 Å². The van der Waals surface area contributed by atoms with E-state index in [4.69, 9.17) is 5.73 Å². The summed E-state index contributed by atoms with van der Waals surface area (Å²) in [5.74, 6) is 0.495. The van der Waals surface area contributed by atoms with E-state index < -0.39 is 0 Å². The van der Waals surface area contributed by atoms with Crippen molar-refractivity contribution < 1.29 is 0 Å². The van der Waals surface area contributed by atoms with Crippen LogP contribution < -0.4 is 11.1 Å². The van der Waals surface area contributed by atoms with E-state index in [1.807, 2.05) is 36.4 Å². The molecule has 0 aliphatic heterocycles. The van der Waals surface area contributed by atoms with Gasteiger partial charge in [-0.3, -0.25) is 4.99 Å². The summed E-state index contributed by atoms with van der Waals surface area (Å²) in [6, 6.07) is 20.6. The van der Waals surface area contributed by atoms with E-state index >= 15 is 0 Å². The molecule has 3 N–H and O–H groups in total. The first-order valence-corrected chi connectivity index (χ1v) is 9.27. The van der Waals surface area contributed by atoms with E-state index in [0.29, 0.717) is 12.5 Å². The number of rotatable bonds is 7. The Labute approximate surface area is 175 Å². The zero-order valence-corrected chi connectivity index (χ0v) is 17.6. The average Bonchev–Trinajstić information content (AvgIpc) is 3.12. The summed E-state index contributed by atoms with van der Waals surface area (Å²) in [4.78, 5) is 9.05. The number of benzene rings is 2. The Morgan fingerprint density at radius 2 is 1.69 bits per heavy atom. The monoisotopic (exact) mass is 478 g/mol. The van der Waals surface area contributed by atoms with Crippen molar-refractivity contribution in [3.63, 3.8) is 0 Å². The van der Waals surface area contributed by atoms with Crippen molar-refractivity contribution in [3.05, 3.63) is 77.3 Å². The normalized spacial score (nSPS) is 11.0. The Morgan fingerprint density at radius 1 is 1.00 bits per heavy atom. The lowest BCUT2D eigenvalue weighted by Crippen LogP contribution is -2.33. The highest BCUT2D eigenvalue weighted by atomic mass is 127. The van der Waals surface area contributed by atoms with Gasteiger partial charge in [0, 0.05) is 30.5 Å². The Bertz CT molecular complexity index is 803. The highest BCUT2D eigenvalue weighted by Gasteiger charge is 2.04. The number of thiazole rings is 1. The minimum atomic E-state index is 0. The number of halogens is 1. The van der Waals surface area contributed by atoms with Crippen LogP contribution in [0.4, 0.5) is 0 Å². The molecule has 3 aromatic rings. The molecule has 0 aliphatic rings. The first-order chi connectivity index (χ1) is 12.3. The van der Waals surface area contributed by atoms with Gasteiger partial charge < -0.3 is 11.1 Å². The topological polar surface area (TPSA) is 63.3 Å². The molecular formula is C20H23IN4S. The minimum absolute atomic E-state index is 0. The number of nitrogens with zero attached hydrogens (tertiary/aromatic N) is 2. The molecule has 1 aromatic heterocycles. The molecule has 6 heteroatoms. The number of hydrogen-bond acceptors (Lipinski definition) is 3. The number of nitrogens with two attached hydrogens (primary N) is 1. The smallest absolute Gasteiger partial charge is 0.188 e. The van der Waals surface area contributed by atoms with Gasteiger partial charge in [-0.2, -0.15) is 0 Å². The maximum atomic E-state index is 5.92. The van der Waals surface area contributed by atoms with Crippen molar-refractivity contribution in [1.82, 2.24) is 10.3 Å². The summed E-state index contributed by atoms with van der Waals surface area (Å²) in [5.41, 5.74) is 9.43. The van der Waals surface area contributed by atoms with E-state index in [1.165, 1.54) is 5.56 Å². The predicted octanol–water partition coefficient (Wildman–Crippen LogP) is 4.12. The molecule has 0 fully saturated rings. The summed E-state index contributed by atoms with van der Waals surface area (Å²) in [7, 11) is 0. The highest BCUT2D eigenvalue weighted by Crippen LogP contribution is 2.23. The molecule has 0 bridgehead atoms. The summed E-state index contributed by atoms with van der Waals surface area (Å²) in [6.45, 7) is 1.43. The Balaban J connectivity index is 0.00000243. The van der Waals surface area contributed by atoms with Gasteiger partial charge in [0.1, 0.15) is 5.01 Å². The molecule has 4 nitrogen and oxygen atoms in total. The molecule has 26 heavy (non-hydrogen) atoms. The number of guanidine groups is 1. The van der Waals surface area contributed by atoms with E-state index in [0.717, 1.165) is 35.7 Å². The second-order valence-corrected chi connectivity index (χ2v) is 6.55. The third-order valence-corrected chi connectivity index (χ3v) is 4.73. The SMILES string of the molecule is I.NC(=NCCc1csc(-c2ccccc2)n1)NCCc1ccccc1. The maximum Gasteiger partial charge on any atom is 0.188 e. The molecule has 0 atom stereocenters. The lowest BCUT2D eigenvalue weighted by atomic mass is 10.1. The van der Waals surface area contributed by atoms with Gasteiger partial charge in [-0.1, -0.05) is 60.7 Å². The standard InChI is InChI=1S/C20H22N4S.HI/c21-20(22-13-11-16-7-3-1-4-8-16)23-14-12-18-15-25-19(24-18)17-9-5-2-6-10-17;/h1-10,15H,11-14H2,(H3,21,22,23);1H. The van der Waals surface area contributed by atoms with Gasteiger partial charge in [-0.15, -0.1) is 35.3 Å². The van der Waals surface area contributed by atoms with Crippen LogP contribution in [-0.4, -0.2) is 24.0 Å². The second kappa shape index (κ2) is 10.9. The van der Waals surface area contributed by atoms with Crippen LogP contribution in [0.25, 0.3) is 10.6 Å². The minimum Gasteiger partial charge on any atom is -0.370 e. The predicted molar refractivity (Wildman–Crippen MR) is 121 cm³/mol. The molecule has 0 radical (unpaired) electrons. The zero-order valence-electron chi connectivity index (χ0n) is 14.5. The molecule has 0 saturated carbocycles. The van der Waals surface area contributed by atoms with Gasteiger partial charge in [0.15, 0.2) is 5.96 Å². The fourth-order valence-electron chi connectivity index (χ4n) is 2.46. The Morgan fingerprint density at radius 3 is 2.42 bits per heavy atom. The van der Waals surface area contributed by atoms with Gasteiger partial charge in [0.25, 0.3) is 0 Å². The van der Waals surface area contributed by atoms with Crippen LogP contribution in [0.3, 0.4) is 0 Å². The molecule has 0 spiro atoms. The van der Waals surface area contributed by atoms with Gasteiger partial charge >= 0.3 is 0 Å². The van der Waals surface area contributed by atoms with E-state index in [9.17, 15) is 0 Å². The molecule has 0 unspecified atom stereocenters. The quantitative estimate of drug-likeness (QED) is 0.305. The number of aromatic nitrogens is 1. The molecule has 0 saturated heterocycles. The largest absolute Gasteiger partial charge is 0.370 e. The van der Waals surface area contributed by atoms with Crippen LogP contribution in [0.2, 0.25) is 0 Å². The fourth-order valence-corrected chi connectivity index (χ4v) is 3.32. The number of hydrogen-bond donors (Lipinski definition) is 2. The zero-order chi connectivity index (χ0) is 17.3. The first-order valence-electron chi connectivity index (χ1n) is 8.39. The second-order valence-electron chi connectivity index (χ2n) is 5.69. The Hall–Kier alpha value is -1.93. The van der Waals surface area contributed by atoms with Crippen molar-refractivity contribution in [2.24, 2.45) is 10.7 Å². The van der Waals surface area contributed by atoms with Gasteiger partial charge in [-0.05, 0) is 12.0 Å². The van der Waals surface area contributed by atoms with Gasteiger partial charge in [0.2, 0.25) is 0 Å². The van der Waals surface area contributed by atoms with Crippen LogP contribution in [-0.2, 0) is 12.8 Å². The summed E-state index contributed by atoms with van der Waals surface area (Å²) in [6.07, 6.45) is 1.73. The number of aliphatic imine (C=N–C) groups is 1. The van der Waals surface area contributed by atoms with Crippen molar-refractivity contribution in [2.75, 3.05) is 13.1 Å². The molecule has 3 rings (SSSR count). The lowest BCUT2D eigenvalue weighted by molar-refractivity contribution is 0.841. The van der Waals surface area contributed by atoms with Crippen molar-refractivity contribution >= 4 is 41.3 Å².